The molecule has 1 aromatic heterocycles. The van der Waals surface area contributed by atoms with Crippen molar-refractivity contribution < 1.29 is 8.84 Å². The summed E-state index contributed by atoms with van der Waals surface area (Å²) in [6, 6.07) is 6.09. The second-order valence-electron chi connectivity index (χ2n) is 6.43. The van der Waals surface area contributed by atoms with E-state index < -0.39 is 8.32 Å². The molecule has 104 valence electrons. The molecule has 0 saturated carbocycles. The van der Waals surface area contributed by atoms with Gasteiger partial charge in [-0.05, 0) is 40.1 Å². The van der Waals surface area contributed by atoms with E-state index in [9.17, 15) is 0 Å². The maximum Gasteiger partial charge on any atom is 0.192 e. The predicted molar refractivity (Wildman–Crippen MR) is 85.9 cm³/mol. The molecule has 4 heteroatoms. The Balaban J connectivity index is 2.22. The molecule has 0 saturated heterocycles. The van der Waals surface area contributed by atoms with Crippen LogP contribution in [0, 0.1) is 0 Å². The van der Waals surface area contributed by atoms with E-state index >= 15 is 0 Å². The monoisotopic (exact) mass is 340 g/mol. The summed E-state index contributed by atoms with van der Waals surface area (Å²) < 4.78 is 12.9. The van der Waals surface area contributed by atoms with Crippen LogP contribution in [0.15, 0.2) is 33.4 Å². The number of hydrogen-bond donors (Lipinski definition) is 0. The molecular weight excluding hydrogens is 320 g/mol. The van der Waals surface area contributed by atoms with Crippen LogP contribution in [0.25, 0.3) is 11.0 Å². The molecule has 0 unspecified atom stereocenters. The van der Waals surface area contributed by atoms with Crippen molar-refractivity contribution in [2.24, 2.45) is 0 Å². The smallest absolute Gasteiger partial charge is 0.192 e. The zero-order chi connectivity index (χ0) is 14.3. The molecular formula is C15H21BrO2Si. The summed E-state index contributed by atoms with van der Waals surface area (Å²) in [7, 11) is -1.72. The van der Waals surface area contributed by atoms with Crippen LogP contribution in [-0.2, 0) is 11.0 Å². The lowest BCUT2D eigenvalue weighted by Crippen LogP contribution is -2.40. The first kappa shape index (κ1) is 14.8. The third-order valence-corrected chi connectivity index (χ3v) is 9.13. The highest BCUT2D eigenvalue weighted by Gasteiger charge is 2.37. The molecule has 2 aromatic rings. The Morgan fingerprint density at radius 3 is 2.58 bits per heavy atom. The number of fused-ring (bicyclic) bond motifs is 1. The Hall–Kier alpha value is -0.583. The van der Waals surface area contributed by atoms with Gasteiger partial charge in [-0.15, -0.1) is 0 Å². The van der Waals surface area contributed by atoms with Gasteiger partial charge in [0.2, 0.25) is 0 Å². The van der Waals surface area contributed by atoms with Crippen LogP contribution in [-0.4, -0.2) is 8.32 Å². The SMILES string of the molecule is CC(C)(C)[Si](C)(C)OCc1coc2c(Br)cccc12. The first-order chi connectivity index (χ1) is 8.72. The first-order valence-electron chi connectivity index (χ1n) is 6.51. The number of furan rings is 1. The van der Waals surface area contributed by atoms with Gasteiger partial charge >= 0.3 is 0 Å². The van der Waals surface area contributed by atoms with Crippen LogP contribution in [0.4, 0.5) is 0 Å². The Bertz CT molecular complexity index is 581. The summed E-state index contributed by atoms with van der Waals surface area (Å²) in [6.45, 7) is 11.9. The van der Waals surface area contributed by atoms with Gasteiger partial charge in [0, 0.05) is 10.9 Å². The van der Waals surface area contributed by atoms with Crippen molar-refractivity contribution in [1.82, 2.24) is 0 Å². The fourth-order valence-electron chi connectivity index (χ4n) is 1.66. The van der Waals surface area contributed by atoms with Gasteiger partial charge in [0.1, 0.15) is 5.58 Å². The lowest BCUT2D eigenvalue weighted by molar-refractivity contribution is 0.276. The summed E-state index contributed by atoms with van der Waals surface area (Å²) in [4.78, 5) is 0. The molecule has 0 N–H and O–H groups in total. The van der Waals surface area contributed by atoms with Gasteiger partial charge in [0.05, 0.1) is 17.3 Å². The zero-order valence-electron chi connectivity index (χ0n) is 12.2. The summed E-state index contributed by atoms with van der Waals surface area (Å²) in [5, 5.41) is 1.36. The van der Waals surface area contributed by atoms with Crippen LogP contribution in [0.2, 0.25) is 18.1 Å². The second-order valence-corrected chi connectivity index (χ2v) is 12.1. The summed E-state index contributed by atoms with van der Waals surface area (Å²) in [5.41, 5.74) is 2.03. The molecule has 0 spiro atoms. The van der Waals surface area contributed by atoms with Crippen molar-refractivity contribution in [3.05, 3.63) is 34.5 Å². The van der Waals surface area contributed by atoms with E-state index in [4.69, 9.17) is 8.84 Å². The van der Waals surface area contributed by atoms with E-state index in [-0.39, 0.29) is 5.04 Å². The van der Waals surface area contributed by atoms with Crippen molar-refractivity contribution in [2.45, 2.75) is 45.5 Å². The van der Waals surface area contributed by atoms with Gasteiger partial charge in [-0.1, -0.05) is 32.9 Å². The summed E-state index contributed by atoms with van der Waals surface area (Å²) in [6.07, 6.45) is 1.81. The van der Waals surface area contributed by atoms with Crippen molar-refractivity contribution in [3.8, 4) is 0 Å². The zero-order valence-corrected chi connectivity index (χ0v) is 14.8. The Kier molecular flexibility index (Phi) is 3.96. The van der Waals surface area contributed by atoms with E-state index in [2.05, 4.69) is 55.9 Å². The average molecular weight is 341 g/mol. The van der Waals surface area contributed by atoms with Gasteiger partial charge in [-0.25, -0.2) is 0 Å². The lowest BCUT2D eigenvalue weighted by atomic mass is 10.2. The molecule has 19 heavy (non-hydrogen) atoms. The van der Waals surface area contributed by atoms with Gasteiger partial charge in [0.15, 0.2) is 8.32 Å². The highest BCUT2D eigenvalue weighted by atomic mass is 79.9. The van der Waals surface area contributed by atoms with Crippen LogP contribution >= 0.6 is 15.9 Å². The minimum absolute atomic E-state index is 0.229. The standard InChI is InChI=1S/C15H21BrO2Si/c1-15(2,3)19(4,5)18-10-11-9-17-14-12(11)7-6-8-13(14)16/h6-9H,10H2,1-5H3. The minimum atomic E-state index is -1.72. The minimum Gasteiger partial charge on any atom is -0.463 e. The largest absolute Gasteiger partial charge is 0.463 e. The average Bonchev–Trinajstić information content (AvgIpc) is 2.70. The third-order valence-electron chi connectivity index (χ3n) is 4.03. The first-order valence-corrected chi connectivity index (χ1v) is 10.2. The molecule has 0 bridgehead atoms. The molecule has 2 rings (SSSR count). The van der Waals surface area contributed by atoms with Gasteiger partial charge in [-0.2, -0.15) is 0 Å². The van der Waals surface area contributed by atoms with E-state index in [1.54, 1.807) is 0 Å². The predicted octanol–water partition coefficient (Wildman–Crippen LogP) is 5.72. The van der Waals surface area contributed by atoms with Gasteiger partial charge in [-0.3, -0.25) is 0 Å². The molecule has 0 radical (unpaired) electrons. The summed E-state index contributed by atoms with van der Waals surface area (Å²) in [5.74, 6) is 0. The Morgan fingerprint density at radius 2 is 1.95 bits per heavy atom. The van der Waals surface area contributed by atoms with Crippen molar-refractivity contribution >= 4 is 35.2 Å². The molecule has 2 nitrogen and oxygen atoms in total. The number of para-hydroxylation sites is 1. The Morgan fingerprint density at radius 1 is 1.26 bits per heavy atom. The van der Waals surface area contributed by atoms with E-state index in [1.165, 1.54) is 0 Å². The van der Waals surface area contributed by atoms with Crippen LogP contribution in [0.1, 0.15) is 26.3 Å². The molecule has 0 aliphatic carbocycles. The number of hydrogen-bond acceptors (Lipinski definition) is 2. The quantitative estimate of drug-likeness (QED) is 0.667. The number of halogens is 1. The molecule has 0 aliphatic heterocycles. The Labute approximate surface area is 124 Å². The van der Waals surface area contributed by atoms with E-state index in [1.807, 2.05) is 18.4 Å². The molecule has 0 amide bonds. The highest BCUT2D eigenvalue weighted by Crippen LogP contribution is 2.38. The highest BCUT2D eigenvalue weighted by molar-refractivity contribution is 9.10. The number of rotatable bonds is 3. The van der Waals surface area contributed by atoms with Crippen LogP contribution in [0.5, 0.6) is 0 Å². The molecule has 0 fully saturated rings. The summed E-state index contributed by atoms with van der Waals surface area (Å²) >= 11 is 3.51. The van der Waals surface area contributed by atoms with Crippen LogP contribution < -0.4 is 0 Å². The fourth-order valence-corrected chi connectivity index (χ4v) is 3.07. The topological polar surface area (TPSA) is 22.4 Å². The maximum atomic E-state index is 6.25. The molecule has 1 aromatic carbocycles. The van der Waals surface area contributed by atoms with E-state index in [0.717, 1.165) is 21.0 Å². The van der Waals surface area contributed by atoms with E-state index in [0.29, 0.717) is 6.61 Å². The lowest BCUT2D eigenvalue weighted by Gasteiger charge is -2.36. The normalized spacial score (nSPS) is 13.2. The van der Waals surface area contributed by atoms with Crippen LogP contribution in [0.3, 0.4) is 0 Å². The van der Waals surface area contributed by atoms with Gasteiger partial charge in [0.25, 0.3) is 0 Å². The molecule has 1 heterocycles. The van der Waals surface area contributed by atoms with Crippen molar-refractivity contribution in [2.75, 3.05) is 0 Å². The van der Waals surface area contributed by atoms with Gasteiger partial charge < -0.3 is 8.84 Å². The number of benzene rings is 1. The second kappa shape index (κ2) is 5.07. The maximum absolute atomic E-state index is 6.25. The molecule has 0 atom stereocenters. The van der Waals surface area contributed by atoms with Crippen molar-refractivity contribution in [3.63, 3.8) is 0 Å². The van der Waals surface area contributed by atoms with Crippen molar-refractivity contribution in [1.29, 1.82) is 0 Å². The third kappa shape index (κ3) is 2.96. The fraction of sp³-hybridized carbons (Fsp3) is 0.467. The molecule has 0 aliphatic rings.